The molecule has 9 heteroatoms. The largest absolute Gasteiger partial charge is 0.379 e. The smallest absolute Gasteiger partial charge is 0.162 e. The Bertz CT molecular complexity index is 1200. The first-order chi connectivity index (χ1) is 20.4. The number of carbonyl (C=O) groups is 1. The average Bonchev–Trinajstić information content (AvgIpc) is 3.00. The fourth-order valence-electron chi connectivity index (χ4n) is 4.54. The van der Waals surface area contributed by atoms with Gasteiger partial charge in [-0.2, -0.15) is 0 Å². The molecular weight excluding hydrogens is 530 g/mol. The normalized spacial score (nSPS) is 10.9. The van der Waals surface area contributed by atoms with Crippen LogP contribution in [0.1, 0.15) is 45.8 Å². The molecule has 0 fully saturated rings. The van der Waals surface area contributed by atoms with Gasteiger partial charge >= 0.3 is 0 Å². The van der Waals surface area contributed by atoms with Gasteiger partial charge in [0.05, 0.1) is 33.0 Å². The molecule has 0 atom stereocenters. The maximum Gasteiger partial charge on any atom is 0.162 e. The number of anilines is 2. The Morgan fingerprint density at radius 2 is 1.12 bits per heavy atom. The minimum absolute atomic E-state index is 0.0569. The van der Waals surface area contributed by atoms with Gasteiger partial charge in [-0.25, -0.2) is 0 Å². The molecule has 3 aromatic rings. The van der Waals surface area contributed by atoms with Crippen molar-refractivity contribution in [1.82, 2.24) is 0 Å². The molecule has 0 N–H and O–H groups in total. The predicted octanol–water partition coefficient (Wildman–Crippen LogP) is 6.32. The van der Waals surface area contributed by atoms with Gasteiger partial charge in [0.1, 0.15) is 0 Å². The summed E-state index contributed by atoms with van der Waals surface area (Å²) in [5, 5.41) is 3.39. The molecule has 0 bridgehead atoms. The van der Waals surface area contributed by atoms with Crippen molar-refractivity contribution in [2.75, 3.05) is 84.2 Å². The topological polar surface area (TPSA) is 100 Å². The van der Waals surface area contributed by atoms with Crippen molar-refractivity contribution in [3.63, 3.8) is 0 Å². The molecule has 0 unspecified atom stereocenters. The maximum absolute atomic E-state index is 12.8. The highest BCUT2D eigenvalue weighted by Gasteiger charge is 2.18. The van der Waals surface area contributed by atoms with Gasteiger partial charge in [0, 0.05) is 75.5 Å². The fraction of sp³-hybridized carbons (Fsp3) is 0.424. The first-order valence-electron chi connectivity index (χ1n) is 14.3. The van der Waals surface area contributed by atoms with Crippen LogP contribution in [0.3, 0.4) is 0 Å². The summed E-state index contributed by atoms with van der Waals surface area (Å²) in [6.45, 7) is 3.04. The minimum Gasteiger partial charge on any atom is -0.379 e. The highest BCUT2D eigenvalue weighted by Crippen LogP contribution is 2.34. The summed E-state index contributed by atoms with van der Waals surface area (Å²) in [7, 11) is 8.17. The van der Waals surface area contributed by atoms with Gasteiger partial charge in [0.25, 0.3) is 0 Å². The van der Waals surface area contributed by atoms with E-state index in [9.17, 15) is 4.79 Å². The van der Waals surface area contributed by atoms with Crippen LogP contribution in [0.25, 0.3) is 10.4 Å². The van der Waals surface area contributed by atoms with Crippen molar-refractivity contribution in [1.29, 1.82) is 0 Å². The van der Waals surface area contributed by atoms with Crippen LogP contribution in [0.15, 0.2) is 77.9 Å². The second-order valence-electron chi connectivity index (χ2n) is 10.3. The van der Waals surface area contributed by atoms with Crippen LogP contribution in [-0.2, 0) is 14.2 Å². The Kier molecular flexibility index (Phi) is 13.9. The molecule has 224 valence electrons. The lowest BCUT2D eigenvalue weighted by Crippen LogP contribution is -2.11. The van der Waals surface area contributed by atoms with Gasteiger partial charge in [-0.05, 0) is 52.9 Å². The molecule has 0 aliphatic carbocycles. The van der Waals surface area contributed by atoms with Gasteiger partial charge in [-0.15, -0.1) is 0 Å². The molecule has 0 heterocycles. The quantitative estimate of drug-likeness (QED) is 0.0415. The summed E-state index contributed by atoms with van der Waals surface area (Å²) >= 11 is 0. The average molecular weight is 574 g/mol. The molecule has 0 aromatic heterocycles. The predicted molar refractivity (Wildman–Crippen MR) is 169 cm³/mol. The minimum atomic E-state index is 0.0569. The Morgan fingerprint density at radius 3 is 1.57 bits per heavy atom. The Balaban J connectivity index is 1.51. The molecule has 0 spiro atoms. The number of Topliss-reactive ketones (excluding diaryl/α,β-unsaturated/α-hetero) is 1. The zero-order valence-electron chi connectivity index (χ0n) is 25.2. The van der Waals surface area contributed by atoms with Crippen LogP contribution in [0.4, 0.5) is 11.4 Å². The third-order valence-electron chi connectivity index (χ3n) is 6.89. The van der Waals surface area contributed by atoms with E-state index in [4.69, 9.17) is 19.7 Å². The Morgan fingerprint density at radius 1 is 0.690 bits per heavy atom. The van der Waals surface area contributed by atoms with E-state index in [2.05, 4.69) is 80.5 Å². The van der Waals surface area contributed by atoms with Crippen LogP contribution < -0.4 is 9.80 Å². The molecule has 9 nitrogen and oxygen atoms in total. The van der Waals surface area contributed by atoms with Gasteiger partial charge in [0.2, 0.25) is 0 Å². The maximum atomic E-state index is 12.8. The van der Waals surface area contributed by atoms with Crippen molar-refractivity contribution in [2.24, 2.45) is 5.11 Å². The van der Waals surface area contributed by atoms with E-state index < -0.39 is 0 Å². The molecule has 42 heavy (non-hydrogen) atoms. The van der Waals surface area contributed by atoms with Crippen LogP contribution in [-0.4, -0.2) is 80.2 Å². The fourth-order valence-corrected chi connectivity index (χ4v) is 4.54. The van der Waals surface area contributed by atoms with Gasteiger partial charge < -0.3 is 24.0 Å². The van der Waals surface area contributed by atoms with Gasteiger partial charge in [-0.1, -0.05) is 53.6 Å². The summed E-state index contributed by atoms with van der Waals surface area (Å²) in [6.07, 6.45) is 1.09. The first kappa shape index (κ1) is 32.6. The van der Waals surface area contributed by atoms with E-state index in [-0.39, 0.29) is 11.7 Å². The van der Waals surface area contributed by atoms with E-state index in [1.807, 2.05) is 40.3 Å². The number of nitrogens with zero attached hydrogens (tertiary/aromatic N) is 5. The number of hydrogen-bond acceptors (Lipinski definition) is 7. The number of hydrogen-bond donors (Lipinski definition) is 0. The van der Waals surface area contributed by atoms with E-state index in [0.29, 0.717) is 64.6 Å². The lowest BCUT2D eigenvalue weighted by Gasteiger charge is -2.22. The van der Waals surface area contributed by atoms with Crippen molar-refractivity contribution in [2.45, 2.75) is 18.8 Å². The number of ether oxygens (including phenoxy) is 3. The summed E-state index contributed by atoms with van der Waals surface area (Å²) < 4.78 is 16.3. The molecule has 0 saturated heterocycles. The van der Waals surface area contributed by atoms with E-state index >= 15 is 0 Å². The number of azide groups is 1. The molecule has 0 radical (unpaired) electrons. The van der Waals surface area contributed by atoms with E-state index in [1.54, 1.807) is 0 Å². The lowest BCUT2D eigenvalue weighted by atomic mass is 9.84. The summed E-state index contributed by atoms with van der Waals surface area (Å²) in [5.74, 6) is 0.169. The standard InChI is InChI=1S/C33H43N5O4/c1-37(2)30-15-11-28(12-16-30)33(29-13-17-31(18-14-29)38(3)4)27-9-7-26(8-10-27)32(39)6-5-20-40-22-24-42-25-23-41-21-19-35-36-34/h7-18,33H,5-6,19-25H2,1-4H3. The van der Waals surface area contributed by atoms with Crippen LogP contribution in [0.5, 0.6) is 0 Å². The number of benzene rings is 3. The zero-order valence-corrected chi connectivity index (χ0v) is 25.2. The number of ketones is 1. The van der Waals surface area contributed by atoms with Crippen molar-refractivity contribution in [3.8, 4) is 0 Å². The van der Waals surface area contributed by atoms with Crippen LogP contribution >= 0.6 is 0 Å². The molecule has 3 aromatic carbocycles. The second kappa shape index (κ2) is 17.8. The second-order valence-corrected chi connectivity index (χ2v) is 10.3. The highest BCUT2D eigenvalue weighted by atomic mass is 16.5. The number of carbonyl (C=O) groups excluding carboxylic acids is 1. The highest BCUT2D eigenvalue weighted by molar-refractivity contribution is 5.96. The van der Waals surface area contributed by atoms with E-state index in [0.717, 1.165) is 16.9 Å². The monoisotopic (exact) mass is 573 g/mol. The van der Waals surface area contributed by atoms with Crippen LogP contribution in [0, 0.1) is 0 Å². The Labute approximate surface area is 249 Å². The SMILES string of the molecule is CN(C)c1ccc(C(c2ccc(C(=O)CCCOCCOCCOCCN=[N+]=[N-])cc2)c2ccc(N(C)C)cc2)cc1. The molecular formula is C33H43N5O4. The zero-order chi connectivity index (χ0) is 30.2. The third kappa shape index (κ3) is 10.5. The summed E-state index contributed by atoms with van der Waals surface area (Å²) in [4.78, 5) is 19.7. The van der Waals surface area contributed by atoms with Crippen LogP contribution in [0.2, 0.25) is 0 Å². The molecule has 3 rings (SSSR count). The van der Waals surface area contributed by atoms with Gasteiger partial charge in [-0.3, -0.25) is 4.79 Å². The summed E-state index contributed by atoms with van der Waals surface area (Å²) in [6, 6.07) is 25.4. The lowest BCUT2D eigenvalue weighted by molar-refractivity contribution is 0.0154. The summed E-state index contributed by atoms with van der Waals surface area (Å²) in [5.41, 5.74) is 14.8. The van der Waals surface area contributed by atoms with E-state index in [1.165, 1.54) is 11.1 Å². The number of rotatable bonds is 19. The van der Waals surface area contributed by atoms with Crippen molar-refractivity contribution < 1.29 is 19.0 Å². The molecule has 0 aliphatic heterocycles. The molecule has 0 saturated carbocycles. The van der Waals surface area contributed by atoms with Gasteiger partial charge in [0.15, 0.2) is 5.78 Å². The third-order valence-corrected chi connectivity index (χ3v) is 6.89. The first-order valence-corrected chi connectivity index (χ1v) is 14.3. The van der Waals surface area contributed by atoms with Crippen molar-refractivity contribution >= 4 is 17.2 Å². The Hall–Kier alpha value is -3.88. The molecule has 0 aliphatic rings. The molecule has 0 amide bonds. The van der Waals surface area contributed by atoms with Crippen molar-refractivity contribution in [3.05, 3.63) is 105 Å².